The fraction of sp³-hybridized carbons (Fsp3) is 0.278. The van der Waals surface area contributed by atoms with Crippen molar-refractivity contribution in [3.8, 4) is 0 Å². The molecular weight excluding hydrogens is 340 g/mol. The molecule has 2 aromatic heterocycles. The molecule has 25 heavy (non-hydrogen) atoms. The molecular formula is C18H19N2O4S+. The Labute approximate surface area is 145 Å². The number of benzene rings is 2. The number of hydrogen-bond donors (Lipinski definition) is 1. The molecule has 0 aliphatic rings. The van der Waals surface area contributed by atoms with Crippen molar-refractivity contribution >= 4 is 43.0 Å². The maximum absolute atomic E-state index is 11.0. The van der Waals surface area contributed by atoms with E-state index in [0.717, 1.165) is 27.5 Å². The quantitative estimate of drug-likeness (QED) is 0.449. The number of aryl methyl sites for hydroxylation is 3. The van der Waals surface area contributed by atoms with Crippen molar-refractivity contribution in [2.24, 2.45) is 7.05 Å². The molecule has 2 aromatic carbocycles. The van der Waals surface area contributed by atoms with E-state index in [2.05, 4.69) is 22.8 Å². The minimum atomic E-state index is -3.95. The highest BCUT2D eigenvalue weighted by Crippen LogP contribution is 2.31. The Morgan fingerprint density at radius 1 is 1.16 bits per heavy atom. The predicted octanol–water partition coefficient (Wildman–Crippen LogP) is 2.95. The highest BCUT2D eigenvalue weighted by molar-refractivity contribution is 7.85. The SMILES string of the molecule is Cc1oc2cc3c(cc2[n+]1CCCS(=O)(=O)O)c1ccccc1n3C. The highest BCUT2D eigenvalue weighted by Gasteiger charge is 2.22. The zero-order valence-corrected chi connectivity index (χ0v) is 14.9. The molecule has 4 aromatic rings. The van der Waals surface area contributed by atoms with Gasteiger partial charge in [-0.3, -0.25) is 4.55 Å². The van der Waals surface area contributed by atoms with E-state index in [4.69, 9.17) is 8.97 Å². The van der Waals surface area contributed by atoms with Crippen LogP contribution in [0.15, 0.2) is 40.8 Å². The Morgan fingerprint density at radius 3 is 2.68 bits per heavy atom. The summed E-state index contributed by atoms with van der Waals surface area (Å²) in [6.45, 7) is 2.32. The maximum atomic E-state index is 11.0. The van der Waals surface area contributed by atoms with Crippen molar-refractivity contribution in [3.63, 3.8) is 0 Å². The van der Waals surface area contributed by atoms with Gasteiger partial charge in [0.25, 0.3) is 15.6 Å². The molecule has 0 unspecified atom stereocenters. The molecule has 0 bridgehead atoms. The third-order valence-corrected chi connectivity index (χ3v) is 5.51. The Bertz CT molecular complexity index is 1220. The lowest BCUT2D eigenvalue weighted by Gasteiger charge is -1.97. The predicted molar refractivity (Wildman–Crippen MR) is 96.2 cm³/mol. The summed E-state index contributed by atoms with van der Waals surface area (Å²) in [5, 5.41) is 2.31. The van der Waals surface area contributed by atoms with Gasteiger partial charge < -0.3 is 8.98 Å². The van der Waals surface area contributed by atoms with Crippen LogP contribution in [0.2, 0.25) is 0 Å². The zero-order valence-electron chi connectivity index (χ0n) is 14.1. The van der Waals surface area contributed by atoms with E-state index >= 15 is 0 Å². The molecule has 0 saturated heterocycles. The number of para-hydroxylation sites is 1. The van der Waals surface area contributed by atoms with Crippen LogP contribution >= 0.6 is 0 Å². The molecule has 0 aliphatic heterocycles. The largest absolute Gasteiger partial charge is 0.401 e. The number of nitrogens with zero attached hydrogens (tertiary/aromatic N) is 2. The molecule has 0 saturated carbocycles. The van der Waals surface area contributed by atoms with Crippen molar-refractivity contribution in [2.45, 2.75) is 19.9 Å². The van der Waals surface area contributed by atoms with Crippen LogP contribution in [-0.2, 0) is 23.7 Å². The van der Waals surface area contributed by atoms with Crippen molar-refractivity contribution < 1.29 is 22.0 Å². The molecule has 0 radical (unpaired) electrons. The molecule has 7 heteroatoms. The molecule has 4 rings (SSSR count). The van der Waals surface area contributed by atoms with Crippen molar-refractivity contribution in [2.75, 3.05) is 5.75 Å². The first-order valence-electron chi connectivity index (χ1n) is 8.10. The second kappa shape index (κ2) is 5.57. The average Bonchev–Trinajstić information content (AvgIpc) is 3.00. The molecule has 0 amide bonds. The van der Waals surface area contributed by atoms with Crippen LogP contribution < -0.4 is 4.57 Å². The minimum absolute atomic E-state index is 0.261. The van der Waals surface area contributed by atoms with Crippen LogP contribution in [0.4, 0.5) is 0 Å². The number of oxazole rings is 1. The topological polar surface area (TPSA) is 76.3 Å². The minimum Gasteiger partial charge on any atom is -0.401 e. The van der Waals surface area contributed by atoms with Gasteiger partial charge in [-0.05, 0) is 6.07 Å². The molecule has 0 aliphatic carbocycles. The maximum Gasteiger partial charge on any atom is 0.344 e. The Morgan fingerprint density at radius 2 is 1.92 bits per heavy atom. The molecule has 0 fully saturated rings. The van der Waals surface area contributed by atoms with E-state index in [1.807, 2.05) is 36.7 Å². The molecule has 0 atom stereocenters. The number of rotatable bonds is 4. The first kappa shape index (κ1) is 16.1. The molecule has 2 heterocycles. The van der Waals surface area contributed by atoms with E-state index in [1.54, 1.807) is 0 Å². The summed E-state index contributed by atoms with van der Waals surface area (Å²) < 4.78 is 40.8. The van der Waals surface area contributed by atoms with Gasteiger partial charge in [0.05, 0.1) is 18.2 Å². The summed E-state index contributed by atoms with van der Waals surface area (Å²) in [5.74, 6) is 0.452. The van der Waals surface area contributed by atoms with Gasteiger partial charge in [-0.15, -0.1) is 0 Å². The lowest BCUT2D eigenvalue weighted by Crippen LogP contribution is -2.36. The second-order valence-corrected chi connectivity index (χ2v) is 7.90. The van der Waals surface area contributed by atoms with Gasteiger partial charge in [-0.2, -0.15) is 13.0 Å². The zero-order chi connectivity index (χ0) is 17.8. The van der Waals surface area contributed by atoms with Gasteiger partial charge in [0.15, 0.2) is 6.54 Å². The van der Waals surface area contributed by atoms with Gasteiger partial charge in [0, 0.05) is 41.9 Å². The third-order valence-electron chi connectivity index (χ3n) is 4.71. The van der Waals surface area contributed by atoms with E-state index in [0.29, 0.717) is 18.9 Å². The summed E-state index contributed by atoms with van der Waals surface area (Å²) in [7, 11) is -1.92. The highest BCUT2D eigenvalue weighted by atomic mass is 32.2. The summed E-state index contributed by atoms with van der Waals surface area (Å²) in [4.78, 5) is 0. The number of fused-ring (bicyclic) bond motifs is 4. The lowest BCUT2D eigenvalue weighted by molar-refractivity contribution is -0.682. The van der Waals surface area contributed by atoms with E-state index in [1.165, 1.54) is 5.39 Å². The third kappa shape index (κ3) is 2.69. The monoisotopic (exact) mass is 359 g/mol. The lowest BCUT2D eigenvalue weighted by atomic mass is 10.1. The van der Waals surface area contributed by atoms with Crippen molar-refractivity contribution in [1.29, 1.82) is 0 Å². The standard InChI is InChI=1S/C18H18N2O4S/c1-12-20(8-5-9-25(21,22)23)17-10-14-13-6-3-4-7-15(13)19(2)16(14)11-18(17)24-12/h3-4,6-7,10-11H,5,8-9H2,1-2H3/p+1. The fourth-order valence-electron chi connectivity index (χ4n) is 3.53. The smallest absolute Gasteiger partial charge is 0.344 e. The van der Waals surface area contributed by atoms with E-state index in [-0.39, 0.29) is 5.75 Å². The van der Waals surface area contributed by atoms with Crippen molar-refractivity contribution in [3.05, 3.63) is 42.3 Å². The summed E-state index contributed by atoms with van der Waals surface area (Å²) >= 11 is 0. The van der Waals surface area contributed by atoms with Crippen LogP contribution in [0.25, 0.3) is 32.9 Å². The summed E-state index contributed by atoms with van der Waals surface area (Å²) in [5.41, 5.74) is 3.94. The first-order valence-corrected chi connectivity index (χ1v) is 9.71. The van der Waals surface area contributed by atoms with Gasteiger partial charge in [0.2, 0.25) is 5.58 Å². The van der Waals surface area contributed by atoms with Gasteiger partial charge in [-0.1, -0.05) is 18.2 Å². The van der Waals surface area contributed by atoms with E-state index < -0.39 is 10.1 Å². The normalized spacial score (nSPS) is 12.6. The van der Waals surface area contributed by atoms with Crippen LogP contribution in [0.5, 0.6) is 0 Å². The molecule has 0 spiro atoms. The first-order chi connectivity index (χ1) is 11.8. The average molecular weight is 359 g/mol. The Hall–Kier alpha value is -2.38. The fourth-order valence-corrected chi connectivity index (χ4v) is 4.03. The summed E-state index contributed by atoms with van der Waals surface area (Å²) in [6, 6.07) is 12.3. The summed E-state index contributed by atoms with van der Waals surface area (Å²) in [6.07, 6.45) is 0.326. The van der Waals surface area contributed by atoms with Crippen molar-refractivity contribution in [1.82, 2.24) is 4.57 Å². The number of aromatic nitrogens is 2. The van der Waals surface area contributed by atoms with Crippen LogP contribution in [0.1, 0.15) is 12.3 Å². The Balaban J connectivity index is 1.88. The van der Waals surface area contributed by atoms with Gasteiger partial charge in [0.1, 0.15) is 0 Å². The Kier molecular flexibility index (Phi) is 3.59. The van der Waals surface area contributed by atoms with Crippen LogP contribution in [0, 0.1) is 6.92 Å². The number of hydrogen-bond acceptors (Lipinski definition) is 3. The second-order valence-electron chi connectivity index (χ2n) is 6.33. The van der Waals surface area contributed by atoms with E-state index in [9.17, 15) is 8.42 Å². The molecule has 130 valence electrons. The molecule has 6 nitrogen and oxygen atoms in total. The van der Waals surface area contributed by atoms with Gasteiger partial charge in [-0.25, -0.2) is 0 Å². The van der Waals surface area contributed by atoms with Crippen LogP contribution in [0.3, 0.4) is 0 Å². The molecule has 1 N–H and O–H groups in total. The van der Waals surface area contributed by atoms with Crippen LogP contribution in [-0.4, -0.2) is 23.3 Å². The van der Waals surface area contributed by atoms with Gasteiger partial charge >= 0.3 is 5.89 Å².